The van der Waals surface area contributed by atoms with Gasteiger partial charge in [0.2, 0.25) is 5.78 Å². The second-order valence-corrected chi connectivity index (χ2v) is 3.54. The molecule has 0 N–H and O–H groups in total. The number of Topliss-reactive ketones (excluding diaryl/α,β-unsaturated/α-hetero) is 2. The van der Waals surface area contributed by atoms with Crippen molar-refractivity contribution in [2.75, 3.05) is 0 Å². The van der Waals surface area contributed by atoms with E-state index >= 15 is 0 Å². The summed E-state index contributed by atoms with van der Waals surface area (Å²) < 4.78 is 0. The molecule has 0 atom stereocenters. The minimum absolute atomic E-state index is 0.0878. The average Bonchev–Trinajstić information content (AvgIpc) is 2.99. The molecule has 1 saturated carbocycles. The zero-order valence-corrected chi connectivity index (χ0v) is 8.62. The van der Waals surface area contributed by atoms with E-state index in [1.165, 1.54) is 0 Å². The van der Waals surface area contributed by atoms with Crippen LogP contribution in [0.25, 0.3) is 5.53 Å². The Morgan fingerprint density at radius 2 is 2.20 bits per heavy atom. The van der Waals surface area contributed by atoms with Crippen molar-refractivity contribution in [1.29, 1.82) is 0 Å². The largest absolute Gasteiger partial charge is 0.361 e. The predicted molar refractivity (Wildman–Crippen MR) is 54.0 cm³/mol. The standard InChI is InChI=1S/C11H12N2O2/c1-2-3-4-5-9(14)11(6-7-11)10(15)8-13-12/h8H,4-7H2,1H3. The topological polar surface area (TPSA) is 70.5 Å². The van der Waals surface area contributed by atoms with Gasteiger partial charge in [-0.1, -0.05) is 0 Å². The number of ketones is 2. The van der Waals surface area contributed by atoms with E-state index in [1.54, 1.807) is 6.92 Å². The van der Waals surface area contributed by atoms with Gasteiger partial charge in [-0.2, -0.15) is 4.79 Å². The third-order valence-electron chi connectivity index (χ3n) is 2.58. The molecule has 0 aliphatic heterocycles. The quantitative estimate of drug-likeness (QED) is 0.220. The lowest BCUT2D eigenvalue weighted by Gasteiger charge is -2.05. The van der Waals surface area contributed by atoms with Gasteiger partial charge in [0, 0.05) is 12.8 Å². The van der Waals surface area contributed by atoms with Crippen molar-refractivity contribution < 1.29 is 14.4 Å². The Bertz CT molecular complexity index is 391. The van der Waals surface area contributed by atoms with Gasteiger partial charge in [0.15, 0.2) is 0 Å². The predicted octanol–water partition coefficient (Wildman–Crippen LogP) is 1.01. The molecule has 1 aliphatic rings. The van der Waals surface area contributed by atoms with Crippen molar-refractivity contribution in [3.05, 3.63) is 5.53 Å². The van der Waals surface area contributed by atoms with Gasteiger partial charge < -0.3 is 5.53 Å². The lowest BCUT2D eigenvalue weighted by atomic mass is 9.93. The van der Waals surface area contributed by atoms with Gasteiger partial charge in [-0.25, -0.2) is 0 Å². The fourth-order valence-corrected chi connectivity index (χ4v) is 1.50. The molecule has 0 aromatic heterocycles. The zero-order valence-electron chi connectivity index (χ0n) is 8.62. The van der Waals surface area contributed by atoms with E-state index in [9.17, 15) is 9.59 Å². The van der Waals surface area contributed by atoms with E-state index in [4.69, 9.17) is 5.53 Å². The van der Waals surface area contributed by atoms with E-state index in [0.717, 1.165) is 6.21 Å². The fourth-order valence-electron chi connectivity index (χ4n) is 1.50. The highest BCUT2D eigenvalue weighted by atomic mass is 16.2. The van der Waals surface area contributed by atoms with Crippen LogP contribution in [-0.2, 0) is 9.59 Å². The summed E-state index contributed by atoms with van der Waals surface area (Å²) in [5, 5.41) is 0. The molecule has 1 fully saturated rings. The summed E-state index contributed by atoms with van der Waals surface area (Å²) in [5.74, 6) is 5.00. The molecule has 4 heteroatoms. The number of rotatable bonds is 5. The van der Waals surface area contributed by atoms with Crippen LogP contribution in [0.3, 0.4) is 0 Å². The Labute approximate surface area is 88.3 Å². The van der Waals surface area contributed by atoms with Crippen LogP contribution in [0.15, 0.2) is 0 Å². The molecule has 0 aromatic carbocycles. The van der Waals surface area contributed by atoms with Crippen LogP contribution < -0.4 is 0 Å². The molecule has 0 aromatic rings. The Kier molecular flexibility index (Phi) is 3.54. The van der Waals surface area contributed by atoms with Crippen LogP contribution in [0, 0.1) is 17.3 Å². The summed E-state index contributed by atoms with van der Waals surface area (Å²) in [7, 11) is 0. The summed E-state index contributed by atoms with van der Waals surface area (Å²) in [4.78, 5) is 25.8. The molecule has 78 valence electrons. The molecule has 0 saturated heterocycles. The van der Waals surface area contributed by atoms with Crippen LogP contribution in [0.4, 0.5) is 0 Å². The second kappa shape index (κ2) is 4.68. The number of carbonyl (C=O) groups excluding carboxylic acids is 2. The van der Waals surface area contributed by atoms with Gasteiger partial charge in [-0.15, -0.1) is 11.8 Å². The van der Waals surface area contributed by atoms with Crippen molar-refractivity contribution in [2.45, 2.75) is 32.6 Å². The number of hydrogen-bond donors (Lipinski definition) is 0. The average molecular weight is 204 g/mol. The number of hydrogen-bond acceptors (Lipinski definition) is 2. The first-order chi connectivity index (χ1) is 7.17. The van der Waals surface area contributed by atoms with Crippen molar-refractivity contribution in [3.63, 3.8) is 0 Å². The molecule has 0 unspecified atom stereocenters. The van der Waals surface area contributed by atoms with Gasteiger partial charge in [0.05, 0.1) is 5.41 Å². The molecule has 0 bridgehead atoms. The molecular weight excluding hydrogens is 192 g/mol. The molecule has 4 nitrogen and oxygen atoms in total. The monoisotopic (exact) mass is 204 g/mol. The Balaban J connectivity index is 2.61. The van der Waals surface area contributed by atoms with Crippen molar-refractivity contribution >= 4 is 17.8 Å². The smallest absolute Gasteiger partial charge is 0.324 e. The van der Waals surface area contributed by atoms with Crippen molar-refractivity contribution in [2.24, 2.45) is 5.41 Å². The minimum atomic E-state index is -0.887. The zero-order chi connectivity index (χ0) is 11.3. The normalized spacial score (nSPS) is 15.5. The Hall–Kier alpha value is -1.72. The SMILES string of the molecule is CC#CCCC(=O)C1(C(=O)C=[N+]=[N-])CC1. The maximum Gasteiger partial charge on any atom is 0.324 e. The van der Waals surface area contributed by atoms with E-state index in [-0.39, 0.29) is 11.6 Å². The number of carbonyl (C=O) groups is 2. The highest BCUT2D eigenvalue weighted by Gasteiger charge is 2.55. The highest BCUT2D eigenvalue weighted by molar-refractivity contribution is 6.35. The van der Waals surface area contributed by atoms with Gasteiger partial charge in [-0.3, -0.25) is 9.59 Å². The highest BCUT2D eigenvalue weighted by Crippen LogP contribution is 2.47. The second-order valence-electron chi connectivity index (χ2n) is 3.54. The Morgan fingerprint density at radius 3 is 2.67 bits per heavy atom. The van der Waals surface area contributed by atoms with Gasteiger partial charge in [0.1, 0.15) is 5.78 Å². The molecule has 1 rings (SSSR count). The van der Waals surface area contributed by atoms with Gasteiger partial charge in [-0.05, 0) is 19.8 Å². The first kappa shape index (κ1) is 11.4. The molecule has 15 heavy (non-hydrogen) atoms. The lowest BCUT2D eigenvalue weighted by Crippen LogP contribution is -2.26. The first-order valence-electron chi connectivity index (χ1n) is 4.82. The summed E-state index contributed by atoms with van der Waals surface area (Å²) in [6.07, 6.45) is 2.73. The number of nitrogens with zero attached hydrogens (tertiary/aromatic N) is 2. The van der Waals surface area contributed by atoms with E-state index in [1.807, 2.05) is 0 Å². The third-order valence-corrected chi connectivity index (χ3v) is 2.58. The summed E-state index contributed by atoms with van der Waals surface area (Å²) >= 11 is 0. The summed E-state index contributed by atoms with van der Waals surface area (Å²) in [6, 6.07) is 0. The molecule has 0 amide bonds. The Morgan fingerprint density at radius 1 is 1.53 bits per heavy atom. The van der Waals surface area contributed by atoms with E-state index < -0.39 is 5.41 Å². The molecule has 0 spiro atoms. The van der Waals surface area contributed by atoms with Crippen LogP contribution >= 0.6 is 0 Å². The molecular formula is C11H12N2O2. The molecule has 0 heterocycles. The van der Waals surface area contributed by atoms with Crippen LogP contribution in [0.5, 0.6) is 0 Å². The third kappa shape index (κ3) is 2.39. The molecule has 0 radical (unpaired) electrons. The minimum Gasteiger partial charge on any atom is -0.361 e. The summed E-state index contributed by atoms with van der Waals surface area (Å²) in [6.45, 7) is 1.71. The van der Waals surface area contributed by atoms with Crippen LogP contribution in [0.2, 0.25) is 0 Å². The van der Waals surface area contributed by atoms with Crippen molar-refractivity contribution in [1.82, 2.24) is 0 Å². The van der Waals surface area contributed by atoms with E-state index in [0.29, 0.717) is 25.7 Å². The van der Waals surface area contributed by atoms with Crippen LogP contribution in [-0.4, -0.2) is 22.6 Å². The van der Waals surface area contributed by atoms with Gasteiger partial charge >= 0.3 is 6.21 Å². The lowest BCUT2D eigenvalue weighted by molar-refractivity contribution is -0.132. The van der Waals surface area contributed by atoms with E-state index in [2.05, 4.69) is 16.6 Å². The van der Waals surface area contributed by atoms with Crippen LogP contribution in [0.1, 0.15) is 32.6 Å². The maximum atomic E-state index is 11.7. The maximum absolute atomic E-state index is 11.7. The van der Waals surface area contributed by atoms with Crippen molar-refractivity contribution in [3.8, 4) is 11.8 Å². The molecule has 1 aliphatic carbocycles. The summed E-state index contributed by atoms with van der Waals surface area (Å²) in [5.41, 5.74) is 7.35. The fraction of sp³-hybridized carbons (Fsp3) is 0.545. The van der Waals surface area contributed by atoms with Gasteiger partial charge in [0.25, 0.3) is 0 Å². The first-order valence-corrected chi connectivity index (χ1v) is 4.82.